The minimum Gasteiger partial charge on any atom is -0.329 e. The molecule has 2 N–H and O–H groups in total. The maximum Gasteiger partial charge on any atom is 0.254 e. The molecule has 2 amide bonds. The van der Waals surface area contributed by atoms with Crippen molar-refractivity contribution < 1.29 is 14.0 Å². The van der Waals surface area contributed by atoms with Crippen LogP contribution in [0.1, 0.15) is 35.3 Å². The normalized spacial score (nSPS) is 23.1. The zero-order valence-corrected chi connectivity index (χ0v) is 17.0. The molecule has 0 aromatic heterocycles. The summed E-state index contributed by atoms with van der Waals surface area (Å²) < 4.78 is 13.7. The number of halogens is 2. The number of nitrogens with one attached hydrogen (secondary N) is 2. The molecule has 1 saturated carbocycles. The fourth-order valence-corrected chi connectivity index (χ4v) is 3.78. The van der Waals surface area contributed by atoms with Gasteiger partial charge in [0.05, 0.1) is 6.04 Å². The topological polar surface area (TPSA) is 61.4 Å². The Labute approximate surface area is 176 Å². The van der Waals surface area contributed by atoms with Crippen LogP contribution in [0.4, 0.5) is 10.1 Å². The first-order valence-electron chi connectivity index (χ1n) is 9.71. The van der Waals surface area contributed by atoms with Crippen LogP contribution >= 0.6 is 12.4 Å². The molecule has 2 fully saturated rings. The van der Waals surface area contributed by atoms with Gasteiger partial charge in [-0.2, -0.15) is 0 Å². The van der Waals surface area contributed by atoms with E-state index >= 15 is 0 Å². The number of amides is 2. The number of anilines is 1. The summed E-state index contributed by atoms with van der Waals surface area (Å²) in [7, 11) is 0. The second-order valence-electron chi connectivity index (χ2n) is 7.66. The Morgan fingerprint density at radius 2 is 1.93 bits per heavy atom. The highest BCUT2D eigenvalue weighted by Gasteiger charge is 2.39. The van der Waals surface area contributed by atoms with Gasteiger partial charge in [0.15, 0.2) is 0 Å². The van der Waals surface area contributed by atoms with Gasteiger partial charge in [0.1, 0.15) is 5.82 Å². The number of hydrogen-bond acceptors (Lipinski definition) is 3. The molecular formula is C22H25ClFN3O2. The van der Waals surface area contributed by atoms with Crippen LogP contribution in [0.5, 0.6) is 0 Å². The fourth-order valence-electron chi connectivity index (χ4n) is 3.78. The maximum absolute atomic E-state index is 13.7. The lowest BCUT2D eigenvalue weighted by atomic mass is 10.0. The van der Waals surface area contributed by atoms with E-state index in [2.05, 4.69) is 17.6 Å². The van der Waals surface area contributed by atoms with Crippen LogP contribution in [0, 0.1) is 17.7 Å². The van der Waals surface area contributed by atoms with Crippen molar-refractivity contribution in [1.29, 1.82) is 0 Å². The van der Waals surface area contributed by atoms with E-state index < -0.39 is 0 Å². The number of benzene rings is 2. The van der Waals surface area contributed by atoms with E-state index in [1.54, 1.807) is 35.2 Å². The van der Waals surface area contributed by atoms with Crippen molar-refractivity contribution in [3.8, 4) is 0 Å². The van der Waals surface area contributed by atoms with E-state index in [1.165, 1.54) is 12.1 Å². The fraction of sp³-hybridized carbons (Fsp3) is 0.364. The van der Waals surface area contributed by atoms with Gasteiger partial charge in [-0.25, -0.2) is 4.39 Å². The van der Waals surface area contributed by atoms with Crippen molar-refractivity contribution in [2.45, 2.75) is 19.4 Å². The van der Waals surface area contributed by atoms with Gasteiger partial charge < -0.3 is 15.5 Å². The molecule has 2 aromatic rings. The number of carbonyl (C=O) groups is 2. The van der Waals surface area contributed by atoms with Gasteiger partial charge in [-0.15, -0.1) is 12.4 Å². The van der Waals surface area contributed by atoms with Gasteiger partial charge in [-0.3, -0.25) is 9.59 Å². The Kier molecular flexibility index (Phi) is 6.55. The summed E-state index contributed by atoms with van der Waals surface area (Å²) in [6.07, 6.45) is 0.917. The van der Waals surface area contributed by atoms with Crippen molar-refractivity contribution in [3.63, 3.8) is 0 Å². The quantitative estimate of drug-likeness (QED) is 0.798. The lowest BCUT2D eigenvalue weighted by Gasteiger charge is -2.36. The van der Waals surface area contributed by atoms with Crippen molar-refractivity contribution in [2.75, 3.05) is 25.0 Å². The van der Waals surface area contributed by atoms with Gasteiger partial charge in [0.25, 0.3) is 5.91 Å². The van der Waals surface area contributed by atoms with E-state index in [4.69, 9.17) is 0 Å². The zero-order chi connectivity index (χ0) is 19.7. The number of piperazine rings is 1. The highest BCUT2D eigenvalue weighted by Crippen LogP contribution is 2.38. The molecular weight excluding hydrogens is 393 g/mol. The molecule has 154 valence electrons. The van der Waals surface area contributed by atoms with Crippen molar-refractivity contribution in [2.24, 2.45) is 11.8 Å². The maximum atomic E-state index is 13.7. The number of nitrogens with zero attached hydrogens (tertiary/aromatic N) is 1. The van der Waals surface area contributed by atoms with Crippen LogP contribution in [0.15, 0.2) is 48.5 Å². The molecule has 5 nitrogen and oxygen atoms in total. The number of carbonyl (C=O) groups excluding carboxylic acids is 2. The first kappa shape index (κ1) is 21.3. The van der Waals surface area contributed by atoms with E-state index in [1.807, 2.05) is 6.07 Å². The Morgan fingerprint density at radius 3 is 2.66 bits per heavy atom. The molecule has 0 spiro atoms. The summed E-state index contributed by atoms with van der Waals surface area (Å²) in [6.45, 7) is 3.86. The molecule has 3 unspecified atom stereocenters. The predicted molar refractivity (Wildman–Crippen MR) is 113 cm³/mol. The van der Waals surface area contributed by atoms with Gasteiger partial charge >= 0.3 is 0 Å². The average molecular weight is 418 g/mol. The van der Waals surface area contributed by atoms with Crippen molar-refractivity contribution in [3.05, 3.63) is 65.5 Å². The third-order valence-electron chi connectivity index (χ3n) is 5.56. The predicted octanol–water partition coefficient (Wildman–Crippen LogP) is 3.63. The highest BCUT2D eigenvalue weighted by atomic mass is 35.5. The molecule has 1 aliphatic heterocycles. The molecule has 7 heteroatoms. The summed E-state index contributed by atoms with van der Waals surface area (Å²) in [5.41, 5.74) is 1.92. The summed E-state index contributed by atoms with van der Waals surface area (Å²) in [4.78, 5) is 27.2. The average Bonchev–Trinajstić information content (AvgIpc) is 3.44. The molecule has 29 heavy (non-hydrogen) atoms. The Bertz CT molecular complexity index is 907. The molecule has 4 rings (SSSR count). The number of rotatable bonds is 4. The van der Waals surface area contributed by atoms with Gasteiger partial charge in [-0.05, 0) is 48.2 Å². The van der Waals surface area contributed by atoms with E-state index in [0.717, 1.165) is 12.0 Å². The zero-order valence-electron chi connectivity index (χ0n) is 16.2. The van der Waals surface area contributed by atoms with E-state index in [-0.39, 0.29) is 42.0 Å². The van der Waals surface area contributed by atoms with Crippen molar-refractivity contribution >= 4 is 29.9 Å². The Balaban J connectivity index is 0.00000240. The van der Waals surface area contributed by atoms with Crippen LogP contribution in [0.25, 0.3) is 0 Å². The van der Waals surface area contributed by atoms with Gasteiger partial charge in [-0.1, -0.05) is 25.1 Å². The minimum absolute atomic E-state index is 0. The molecule has 0 bridgehead atoms. The lowest BCUT2D eigenvalue weighted by molar-refractivity contribution is -0.117. The number of hydrogen-bond donors (Lipinski definition) is 2. The highest BCUT2D eigenvalue weighted by molar-refractivity contribution is 5.98. The molecule has 2 aliphatic rings. The third kappa shape index (κ3) is 4.77. The van der Waals surface area contributed by atoms with Crippen LogP contribution in [0.3, 0.4) is 0 Å². The third-order valence-corrected chi connectivity index (χ3v) is 5.56. The first-order chi connectivity index (χ1) is 13.5. The smallest absolute Gasteiger partial charge is 0.254 e. The summed E-state index contributed by atoms with van der Waals surface area (Å²) >= 11 is 0. The molecule has 2 aromatic carbocycles. The van der Waals surface area contributed by atoms with E-state index in [0.29, 0.717) is 36.8 Å². The molecule has 1 aliphatic carbocycles. The molecule has 1 saturated heterocycles. The Hall–Kier alpha value is -2.44. The standard InChI is InChI=1S/C22H24FN3O2.ClH/c1-14-10-19(14)21(27)25-18-7-3-5-16(12-18)22(28)26-9-8-24-13-20(26)15-4-2-6-17(23)11-15;/h2-7,11-12,14,19-20,24H,8-10,13H2,1H3,(H,25,27);1H. The monoisotopic (exact) mass is 417 g/mol. The minimum atomic E-state index is -0.311. The van der Waals surface area contributed by atoms with Gasteiger partial charge in [0.2, 0.25) is 5.91 Å². The second kappa shape index (κ2) is 8.93. The van der Waals surface area contributed by atoms with Gasteiger partial charge in [0, 0.05) is 36.8 Å². The second-order valence-corrected chi connectivity index (χ2v) is 7.66. The van der Waals surface area contributed by atoms with Crippen LogP contribution < -0.4 is 10.6 Å². The molecule has 3 atom stereocenters. The SMILES string of the molecule is CC1CC1C(=O)Nc1cccc(C(=O)N2CCNCC2c2cccc(F)c2)c1.Cl. The Morgan fingerprint density at radius 1 is 1.17 bits per heavy atom. The van der Waals surface area contributed by atoms with Crippen LogP contribution in [-0.4, -0.2) is 36.3 Å². The van der Waals surface area contributed by atoms with Crippen molar-refractivity contribution in [1.82, 2.24) is 10.2 Å². The molecule has 0 radical (unpaired) electrons. The summed E-state index contributed by atoms with van der Waals surface area (Å²) in [6, 6.07) is 13.2. The first-order valence-corrected chi connectivity index (χ1v) is 9.71. The van der Waals surface area contributed by atoms with Crippen LogP contribution in [0.2, 0.25) is 0 Å². The molecule has 1 heterocycles. The summed E-state index contributed by atoms with van der Waals surface area (Å²) in [5, 5.41) is 6.19. The summed E-state index contributed by atoms with van der Waals surface area (Å²) in [5.74, 6) is 0.0839. The largest absolute Gasteiger partial charge is 0.329 e. The lowest BCUT2D eigenvalue weighted by Crippen LogP contribution is -2.48. The van der Waals surface area contributed by atoms with Crippen LogP contribution in [-0.2, 0) is 4.79 Å². The van der Waals surface area contributed by atoms with E-state index in [9.17, 15) is 14.0 Å².